The molecule has 6 heteroatoms. The number of nitrogens with one attached hydrogen (secondary N) is 2. The van der Waals surface area contributed by atoms with Crippen molar-refractivity contribution < 1.29 is 14.6 Å². The fourth-order valence-corrected chi connectivity index (χ4v) is 2.62. The Hall–Kier alpha value is -1.55. The van der Waals surface area contributed by atoms with Gasteiger partial charge in [-0.05, 0) is 18.6 Å². The smallest absolute Gasteiger partial charge is 0.315 e. The molecule has 0 bridgehead atoms. The maximum Gasteiger partial charge on any atom is 0.315 e. The van der Waals surface area contributed by atoms with Crippen LogP contribution in [0.5, 0.6) is 0 Å². The van der Waals surface area contributed by atoms with Crippen LogP contribution in [0.25, 0.3) is 0 Å². The van der Waals surface area contributed by atoms with E-state index >= 15 is 0 Å². The lowest BCUT2D eigenvalue weighted by Gasteiger charge is -2.11. The van der Waals surface area contributed by atoms with E-state index in [0.29, 0.717) is 26.2 Å². The van der Waals surface area contributed by atoms with Gasteiger partial charge in [0.25, 0.3) is 0 Å². The Morgan fingerprint density at radius 2 is 2.45 bits per heavy atom. The number of carbonyl (C=O) groups excluding carboxylic acids is 1. The van der Waals surface area contributed by atoms with Gasteiger partial charge in [0, 0.05) is 17.9 Å². The van der Waals surface area contributed by atoms with E-state index in [4.69, 9.17) is 9.84 Å². The lowest BCUT2D eigenvalue weighted by Crippen LogP contribution is -2.41. The van der Waals surface area contributed by atoms with Crippen LogP contribution in [0, 0.1) is 11.8 Å². The van der Waals surface area contributed by atoms with E-state index in [1.807, 2.05) is 12.1 Å². The molecule has 3 N–H and O–H groups in total. The van der Waals surface area contributed by atoms with Crippen molar-refractivity contribution in [3.8, 4) is 11.8 Å². The third kappa shape index (κ3) is 4.85. The van der Waals surface area contributed by atoms with Crippen LogP contribution in [0.3, 0.4) is 0 Å². The highest BCUT2D eigenvalue weighted by molar-refractivity contribution is 7.12. The monoisotopic (exact) mass is 294 g/mol. The van der Waals surface area contributed by atoms with Crippen LogP contribution in [0.1, 0.15) is 22.6 Å². The van der Waals surface area contributed by atoms with E-state index in [-0.39, 0.29) is 18.7 Å². The number of carbonyl (C=O) groups is 1. The van der Waals surface area contributed by atoms with Crippen LogP contribution >= 0.6 is 11.3 Å². The molecule has 0 radical (unpaired) electrons. The average molecular weight is 294 g/mol. The van der Waals surface area contributed by atoms with Crippen molar-refractivity contribution in [2.24, 2.45) is 0 Å². The lowest BCUT2D eigenvalue weighted by atomic mass is 10.3. The molecule has 1 aromatic rings. The van der Waals surface area contributed by atoms with Crippen molar-refractivity contribution in [3.63, 3.8) is 0 Å². The van der Waals surface area contributed by atoms with Gasteiger partial charge < -0.3 is 20.5 Å². The molecule has 1 unspecified atom stereocenters. The molecule has 0 spiro atoms. The SMILES string of the molecule is O=C(NCc1ccc(C#CCCO)s1)NC1CCOC1. The van der Waals surface area contributed by atoms with E-state index in [1.54, 1.807) is 11.3 Å². The predicted molar refractivity (Wildman–Crippen MR) is 77.5 cm³/mol. The van der Waals surface area contributed by atoms with Gasteiger partial charge in [-0.1, -0.05) is 11.8 Å². The molecule has 1 fully saturated rings. The molecular weight excluding hydrogens is 276 g/mol. The van der Waals surface area contributed by atoms with Gasteiger partial charge in [0.2, 0.25) is 0 Å². The zero-order valence-corrected chi connectivity index (χ0v) is 12.0. The standard InChI is InChI=1S/C14H18N2O3S/c17-7-2-1-3-12-4-5-13(20-12)9-15-14(18)16-11-6-8-19-10-11/h4-5,11,17H,2,6-10H2,(H2,15,16,18). The summed E-state index contributed by atoms with van der Waals surface area (Å²) in [6.07, 6.45) is 1.36. The number of hydrogen-bond acceptors (Lipinski definition) is 4. The van der Waals surface area contributed by atoms with Crippen molar-refractivity contribution >= 4 is 17.4 Å². The van der Waals surface area contributed by atoms with Crippen LogP contribution in [0.4, 0.5) is 4.79 Å². The quantitative estimate of drug-likeness (QED) is 0.728. The predicted octanol–water partition coefficient (Wildman–Crippen LogP) is 1.07. The summed E-state index contributed by atoms with van der Waals surface area (Å²) in [5.74, 6) is 5.85. The summed E-state index contributed by atoms with van der Waals surface area (Å²) in [5, 5.41) is 14.3. The first-order chi connectivity index (χ1) is 9.78. The summed E-state index contributed by atoms with van der Waals surface area (Å²) in [5.41, 5.74) is 0. The highest BCUT2D eigenvalue weighted by Gasteiger charge is 2.17. The Balaban J connectivity index is 1.73. The van der Waals surface area contributed by atoms with Crippen LogP contribution in [-0.2, 0) is 11.3 Å². The molecule has 2 rings (SSSR count). The fourth-order valence-electron chi connectivity index (χ4n) is 1.80. The molecule has 1 aliphatic rings. The molecule has 0 saturated carbocycles. The molecule has 5 nitrogen and oxygen atoms in total. The first-order valence-corrected chi connectivity index (χ1v) is 7.40. The first-order valence-electron chi connectivity index (χ1n) is 6.58. The summed E-state index contributed by atoms with van der Waals surface area (Å²) in [4.78, 5) is 13.7. The molecule has 108 valence electrons. The van der Waals surface area contributed by atoms with E-state index in [0.717, 1.165) is 16.2 Å². The molecule has 1 saturated heterocycles. The molecule has 1 atom stereocenters. The number of hydrogen-bond donors (Lipinski definition) is 3. The van der Waals surface area contributed by atoms with Crippen molar-refractivity contribution in [1.29, 1.82) is 0 Å². The molecule has 0 aromatic carbocycles. The van der Waals surface area contributed by atoms with E-state index in [2.05, 4.69) is 22.5 Å². The van der Waals surface area contributed by atoms with Crippen LogP contribution < -0.4 is 10.6 Å². The summed E-state index contributed by atoms with van der Waals surface area (Å²) >= 11 is 1.55. The van der Waals surface area contributed by atoms with Crippen LogP contribution in [-0.4, -0.2) is 37.0 Å². The Morgan fingerprint density at radius 1 is 1.55 bits per heavy atom. The Morgan fingerprint density at radius 3 is 3.20 bits per heavy atom. The van der Waals surface area contributed by atoms with Crippen molar-refractivity contribution in [3.05, 3.63) is 21.9 Å². The Bertz CT molecular complexity index is 498. The molecule has 0 aliphatic carbocycles. The summed E-state index contributed by atoms with van der Waals surface area (Å²) in [6, 6.07) is 3.83. The van der Waals surface area contributed by atoms with E-state index in [9.17, 15) is 4.79 Å². The second-order valence-corrected chi connectivity index (χ2v) is 5.60. The van der Waals surface area contributed by atoms with Crippen LogP contribution in [0.2, 0.25) is 0 Å². The summed E-state index contributed by atoms with van der Waals surface area (Å²) in [6.45, 7) is 1.88. The molecule has 1 aliphatic heterocycles. The topological polar surface area (TPSA) is 70.6 Å². The zero-order chi connectivity index (χ0) is 14.2. The fraction of sp³-hybridized carbons (Fsp3) is 0.500. The number of aliphatic hydroxyl groups excluding tert-OH is 1. The van der Waals surface area contributed by atoms with Crippen molar-refractivity contribution in [2.75, 3.05) is 19.8 Å². The van der Waals surface area contributed by atoms with Gasteiger partial charge in [-0.2, -0.15) is 0 Å². The molecule has 1 aromatic heterocycles. The number of thiophene rings is 1. The summed E-state index contributed by atoms with van der Waals surface area (Å²) in [7, 11) is 0. The molecule has 2 amide bonds. The van der Waals surface area contributed by atoms with E-state index in [1.165, 1.54) is 0 Å². The zero-order valence-electron chi connectivity index (χ0n) is 11.1. The van der Waals surface area contributed by atoms with Gasteiger partial charge in [-0.3, -0.25) is 0 Å². The maximum absolute atomic E-state index is 11.7. The Labute approximate surface area is 122 Å². The number of rotatable bonds is 4. The highest BCUT2D eigenvalue weighted by atomic mass is 32.1. The van der Waals surface area contributed by atoms with Crippen LogP contribution in [0.15, 0.2) is 12.1 Å². The number of urea groups is 1. The second-order valence-electron chi connectivity index (χ2n) is 4.43. The van der Waals surface area contributed by atoms with Gasteiger partial charge in [0.05, 0.1) is 30.7 Å². The first kappa shape index (κ1) is 14.9. The van der Waals surface area contributed by atoms with Gasteiger partial charge in [0.15, 0.2) is 0 Å². The molecule has 2 heterocycles. The lowest BCUT2D eigenvalue weighted by molar-refractivity contribution is 0.188. The van der Waals surface area contributed by atoms with Gasteiger partial charge in [0.1, 0.15) is 0 Å². The average Bonchev–Trinajstić information content (AvgIpc) is 3.08. The van der Waals surface area contributed by atoms with E-state index < -0.39 is 0 Å². The molecular formula is C14H18N2O3S. The third-order valence-electron chi connectivity index (χ3n) is 2.80. The number of aliphatic hydroxyl groups is 1. The van der Waals surface area contributed by atoms with Crippen molar-refractivity contribution in [2.45, 2.75) is 25.4 Å². The third-order valence-corrected chi connectivity index (χ3v) is 3.80. The maximum atomic E-state index is 11.7. The van der Waals surface area contributed by atoms with Gasteiger partial charge in [-0.25, -0.2) is 4.79 Å². The minimum absolute atomic E-state index is 0.0812. The number of ether oxygens (including phenoxy) is 1. The highest BCUT2D eigenvalue weighted by Crippen LogP contribution is 2.15. The normalized spacial score (nSPS) is 17.4. The summed E-state index contributed by atoms with van der Waals surface area (Å²) < 4.78 is 5.20. The molecule has 20 heavy (non-hydrogen) atoms. The van der Waals surface area contributed by atoms with Crippen molar-refractivity contribution in [1.82, 2.24) is 10.6 Å². The van der Waals surface area contributed by atoms with Gasteiger partial charge >= 0.3 is 6.03 Å². The van der Waals surface area contributed by atoms with Gasteiger partial charge in [-0.15, -0.1) is 11.3 Å². The minimum Gasteiger partial charge on any atom is -0.395 e. The minimum atomic E-state index is -0.165. The second kappa shape index (κ2) is 7.90. The number of amides is 2. The Kier molecular flexibility index (Phi) is 5.87. The largest absolute Gasteiger partial charge is 0.395 e.